The number of hydrogen-bond acceptors (Lipinski definition) is 3. The number of rotatable bonds is 8. The van der Waals surface area contributed by atoms with Crippen molar-refractivity contribution in [2.75, 3.05) is 18.8 Å². The van der Waals surface area contributed by atoms with E-state index >= 15 is 0 Å². The van der Waals surface area contributed by atoms with Gasteiger partial charge in [0.1, 0.15) is 0 Å². The molecular weight excluding hydrogens is 358 g/mol. The molecule has 3 rings (SSSR count). The first-order valence-corrected chi connectivity index (χ1v) is 10.2. The summed E-state index contributed by atoms with van der Waals surface area (Å²) in [6.07, 6.45) is 1.58. The fourth-order valence-electron chi connectivity index (χ4n) is 3.05. The lowest BCUT2D eigenvalue weighted by Gasteiger charge is -2.18. The van der Waals surface area contributed by atoms with Crippen LogP contribution in [0.3, 0.4) is 0 Å². The van der Waals surface area contributed by atoms with Crippen LogP contribution in [-0.2, 0) is 17.9 Å². The minimum absolute atomic E-state index is 0.171. The summed E-state index contributed by atoms with van der Waals surface area (Å²) in [5.74, 6) is 1.04. The second kappa shape index (κ2) is 10.0. The maximum absolute atomic E-state index is 12.0. The molecule has 0 atom stereocenters. The molecule has 2 aromatic rings. The summed E-state index contributed by atoms with van der Waals surface area (Å²) >= 11 is 1.72. The molecule has 3 amide bonds. The van der Waals surface area contributed by atoms with Gasteiger partial charge in [-0.1, -0.05) is 42.5 Å². The second-order valence-electron chi connectivity index (χ2n) is 6.46. The molecule has 2 N–H and O–H groups in total. The van der Waals surface area contributed by atoms with Crippen molar-refractivity contribution in [2.45, 2.75) is 30.8 Å². The molecule has 0 aliphatic carbocycles. The van der Waals surface area contributed by atoms with Crippen molar-refractivity contribution >= 4 is 23.7 Å². The quantitative estimate of drug-likeness (QED) is 0.542. The highest BCUT2D eigenvalue weighted by atomic mass is 32.2. The standard InChI is InChI=1S/C21H25N3O2S/c25-20-11-6-13-24(20)16-18-8-5-4-7-17(18)15-23-21(26)22-12-14-27-19-9-2-1-3-10-19/h1-5,7-10H,6,11-16H2,(H2,22,23,26). The van der Waals surface area contributed by atoms with Gasteiger partial charge in [-0.05, 0) is 29.7 Å². The number of urea groups is 1. The Hall–Kier alpha value is -2.47. The van der Waals surface area contributed by atoms with Crippen LogP contribution in [0.15, 0.2) is 59.5 Å². The Balaban J connectivity index is 1.41. The van der Waals surface area contributed by atoms with E-state index in [4.69, 9.17) is 0 Å². The van der Waals surface area contributed by atoms with Crippen LogP contribution in [0.5, 0.6) is 0 Å². The molecule has 5 nitrogen and oxygen atoms in total. The van der Waals surface area contributed by atoms with Crippen LogP contribution < -0.4 is 10.6 Å². The maximum Gasteiger partial charge on any atom is 0.315 e. The zero-order chi connectivity index (χ0) is 18.9. The number of thioether (sulfide) groups is 1. The third-order valence-electron chi connectivity index (χ3n) is 4.49. The van der Waals surface area contributed by atoms with Gasteiger partial charge in [0.15, 0.2) is 0 Å². The Kier molecular flexibility index (Phi) is 7.16. The van der Waals surface area contributed by atoms with E-state index in [9.17, 15) is 9.59 Å². The largest absolute Gasteiger partial charge is 0.338 e. The Morgan fingerprint density at radius 2 is 1.74 bits per heavy atom. The number of likely N-dealkylation sites (tertiary alicyclic amines) is 1. The summed E-state index contributed by atoms with van der Waals surface area (Å²) < 4.78 is 0. The van der Waals surface area contributed by atoms with Crippen molar-refractivity contribution in [1.29, 1.82) is 0 Å². The van der Waals surface area contributed by atoms with E-state index in [1.54, 1.807) is 11.8 Å². The molecule has 2 aromatic carbocycles. The summed E-state index contributed by atoms with van der Waals surface area (Å²) in [5, 5.41) is 5.80. The summed E-state index contributed by atoms with van der Waals surface area (Å²) in [6, 6.07) is 17.9. The molecule has 0 unspecified atom stereocenters. The van der Waals surface area contributed by atoms with Crippen LogP contribution in [-0.4, -0.2) is 35.7 Å². The number of carbonyl (C=O) groups is 2. The Bertz CT molecular complexity index is 767. The number of nitrogens with zero attached hydrogens (tertiary/aromatic N) is 1. The Morgan fingerprint density at radius 3 is 2.48 bits per heavy atom. The van der Waals surface area contributed by atoms with E-state index in [1.165, 1.54) is 4.90 Å². The fourth-order valence-corrected chi connectivity index (χ4v) is 3.84. The first-order valence-electron chi connectivity index (χ1n) is 9.26. The van der Waals surface area contributed by atoms with E-state index in [1.807, 2.05) is 47.4 Å². The molecule has 1 heterocycles. The van der Waals surface area contributed by atoms with Crippen LogP contribution in [0.25, 0.3) is 0 Å². The number of benzene rings is 2. The lowest BCUT2D eigenvalue weighted by molar-refractivity contribution is -0.128. The zero-order valence-electron chi connectivity index (χ0n) is 15.3. The molecule has 1 saturated heterocycles. The van der Waals surface area contributed by atoms with Crippen molar-refractivity contribution in [3.05, 3.63) is 65.7 Å². The molecule has 0 aromatic heterocycles. The van der Waals surface area contributed by atoms with Crippen molar-refractivity contribution in [2.24, 2.45) is 0 Å². The zero-order valence-corrected chi connectivity index (χ0v) is 16.1. The van der Waals surface area contributed by atoms with E-state index in [0.717, 1.165) is 29.8 Å². The van der Waals surface area contributed by atoms with Crippen LogP contribution in [0.4, 0.5) is 4.79 Å². The average Bonchev–Trinajstić information content (AvgIpc) is 3.10. The average molecular weight is 384 g/mol. The predicted octanol–water partition coefficient (Wildman–Crippen LogP) is 3.40. The van der Waals surface area contributed by atoms with E-state index in [-0.39, 0.29) is 11.9 Å². The minimum atomic E-state index is -0.171. The highest BCUT2D eigenvalue weighted by Gasteiger charge is 2.20. The van der Waals surface area contributed by atoms with Gasteiger partial charge >= 0.3 is 6.03 Å². The van der Waals surface area contributed by atoms with Gasteiger partial charge in [-0.25, -0.2) is 4.79 Å². The minimum Gasteiger partial charge on any atom is -0.338 e. The van der Waals surface area contributed by atoms with Gasteiger partial charge < -0.3 is 15.5 Å². The van der Waals surface area contributed by atoms with E-state index in [0.29, 0.717) is 26.1 Å². The number of nitrogens with one attached hydrogen (secondary N) is 2. The maximum atomic E-state index is 12.0. The summed E-state index contributed by atoms with van der Waals surface area (Å²) in [6.45, 7) is 2.50. The molecule has 27 heavy (non-hydrogen) atoms. The number of hydrogen-bond donors (Lipinski definition) is 2. The molecule has 0 spiro atoms. The summed E-state index contributed by atoms with van der Waals surface area (Å²) in [4.78, 5) is 27.0. The molecular formula is C21H25N3O2S. The van der Waals surface area contributed by atoms with Gasteiger partial charge in [-0.15, -0.1) is 11.8 Å². The van der Waals surface area contributed by atoms with E-state index < -0.39 is 0 Å². The van der Waals surface area contributed by atoms with Crippen LogP contribution in [0.1, 0.15) is 24.0 Å². The normalized spacial score (nSPS) is 13.6. The first-order chi connectivity index (χ1) is 13.2. The Morgan fingerprint density at radius 1 is 1.00 bits per heavy atom. The Labute approximate surface area is 164 Å². The van der Waals surface area contributed by atoms with Crippen LogP contribution in [0.2, 0.25) is 0 Å². The highest BCUT2D eigenvalue weighted by Crippen LogP contribution is 2.17. The molecule has 1 aliphatic heterocycles. The topological polar surface area (TPSA) is 61.4 Å². The summed E-state index contributed by atoms with van der Waals surface area (Å²) in [5.41, 5.74) is 2.14. The van der Waals surface area contributed by atoms with Gasteiger partial charge in [0.2, 0.25) is 5.91 Å². The molecule has 1 aliphatic rings. The van der Waals surface area contributed by atoms with Gasteiger partial charge in [0, 0.05) is 43.2 Å². The van der Waals surface area contributed by atoms with Gasteiger partial charge in [-0.3, -0.25) is 4.79 Å². The first kappa shape index (κ1) is 19.3. The van der Waals surface area contributed by atoms with Gasteiger partial charge in [0.05, 0.1) is 0 Å². The van der Waals surface area contributed by atoms with Crippen LogP contribution in [0, 0.1) is 0 Å². The SMILES string of the molecule is O=C(NCCSc1ccccc1)NCc1ccccc1CN1CCCC1=O. The third-order valence-corrected chi connectivity index (χ3v) is 5.50. The highest BCUT2D eigenvalue weighted by molar-refractivity contribution is 7.99. The van der Waals surface area contributed by atoms with Crippen molar-refractivity contribution in [3.63, 3.8) is 0 Å². The smallest absolute Gasteiger partial charge is 0.315 e. The molecule has 0 bridgehead atoms. The fraction of sp³-hybridized carbons (Fsp3) is 0.333. The van der Waals surface area contributed by atoms with Gasteiger partial charge in [-0.2, -0.15) is 0 Å². The molecule has 142 valence electrons. The number of amides is 3. The van der Waals surface area contributed by atoms with Gasteiger partial charge in [0.25, 0.3) is 0 Å². The monoisotopic (exact) mass is 383 g/mol. The second-order valence-corrected chi connectivity index (χ2v) is 7.63. The van der Waals surface area contributed by atoms with Crippen LogP contribution >= 0.6 is 11.8 Å². The van der Waals surface area contributed by atoms with Crippen molar-refractivity contribution in [3.8, 4) is 0 Å². The molecule has 0 radical (unpaired) electrons. The molecule has 0 saturated carbocycles. The number of carbonyl (C=O) groups excluding carboxylic acids is 2. The molecule has 6 heteroatoms. The summed E-state index contributed by atoms with van der Waals surface area (Å²) in [7, 11) is 0. The predicted molar refractivity (Wildman–Crippen MR) is 108 cm³/mol. The molecule has 1 fully saturated rings. The third kappa shape index (κ3) is 6.03. The lowest BCUT2D eigenvalue weighted by Crippen LogP contribution is -2.36. The van der Waals surface area contributed by atoms with Crippen molar-refractivity contribution in [1.82, 2.24) is 15.5 Å². The lowest BCUT2D eigenvalue weighted by atomic mass is 10.1. The van der Waals surface area contributed by atoms with Crippen molar-refractivity contribution < 1.29 is 9.59 Å². The van der Waals surface area contributed by atoms with E-state index in [2.05, 4.69) is 22.8 Å².